The average molecular weight is 413 g/mol. The maximum absolute atomic E-state index is 10.5. The van der Waals surface area contributed by atoms with Crippen LogP contribution < -0.4 is 29.6 Å². The van der Waals surface area contributed by atoms with Crippen molar-refractivity contribution in [2.75, 3.05) is 5.75 Å². The molecule has 0 atom stereocenters. The summed E-state index contributed by atoms with van der Waals surface area (Å²) in [7, 11) is -3.83. The maximum Gasteiger partial charge on any atom is 1.00 e. The Morgan fingerprint density at radius 3 is 1.30 bits per heavy atom. The standard InChI is InChI=1S/C22H44O3S.Na.H/c1-2-3-4-5-6-7-8-9-10-11-12-13-14-15-16-17-18-19-20-21-22-26(23,24)25;;/h20-21H,2-19,22H2,1H3,(H,23,24,25);;/q;+1;-1. The minimum absolute atomic E-state index is 0. The molecule has 0 rings (SSSR count). The van der Waals surface area contributed by atoms with Crippen molar-refractivity contribution < 1.29 is 44.0 Å². The van der Waals surface area contributed by atoms with E-state index in [1.807, 2.05) is 6.08 Å². The molecule has 0 radical (unpaired) electrons. The monoisotopic (exact) mass is 412 g/mol. The molecule has 158 valence electrons. The summed E-state index contributed by atoms with van der Waals surface area (Å²) in [4.78, 5) is 0. The summed E-state index contributed by atoms with van der Waals surface area (Å²) < 4.78 is 29.6. The molecule has 1 N–H and O–H groups in total. The SMILES string of the molecule is CCCCCCCCCCCCCCCCCCCC=CCS(=O)(=O)O.[H-].[Na+]. The second-order valence-corrected chi connectivity index (χ2v) is 9.16. The minimum atomic E-state index is -3.83. The molecule has 0 bridgehead atoms. The van der Waals surface area contributed by atoms with Crippen LogP contribution in [0.4, 0.5) is 0 Å². The van der Waals surface area contributed by atoms with Crippen LogP contribution in [0.15, 0.2) is 12.2 Å². The molecular formula is C22H45NaO3S. The van der Waals surface area contributed by atoms with Crippen LogP contribution in [0.25, 0.3) is 0 Å². The number of hydrogen-bond acceptors (Lipinski definition) is 2. The summed E-state index contributed by atoms with van der Waals surface area (Å²) >= 11 is 0. The third-order valence-corrected chi connectivity index (χ3v) is 5.56. The first-order valence-corrected chi connectivity index (χ1v) is 12.8. The van der Waals surface area contributed by atoms with Crippen LogP contribution in [0.5, 0.6) is 0 Å². The maximum atomic E-state index is 10.5. The Hall–Kier alpha value is 0.650. The zero-order valence-electron chi connectivity index (χ0n) is 19.3. The molecule has 27 heavy (non-hydrogen) atoms. The van der Waals surface area contributed by atoms with Gasteiger partial charge in [-0.15, -0.1) is 0 Å². The van der Waals surface area contributed by atoms with Gasteiger partial charge in [0, 0.05) is 0 Å². The van der Waals surface area contributed by atoms with Gasteiger partial charge in [-0.1, -0.05) is 122 Å². The number of unbranched alkanes of at least 4 members (excludes halogenated alkanes) is 17. The smallest absolute Gasteiger partial charge is 1.00 e. The molecule has 0 fully saturated rings. The van der Waals surface area contributed by atoms with Gasteiger partial charge >= 0.3 is 29.6 Å². The van der Waals surface area contributed by atoms with Crippen LogP contribution in [0.3, 0.4) is 0 Å². The largest absolute Gasteiger partial charge is 1.00 e. The van der Waals surface area contributed by atoms with E-state index in [1.54, 1.807) is 6.08 Å². The molecule has 0 aromatic heterocycles. The van der Waals surface area contributed by atoms with Crippen LogP contribution in [0.2, 0.25) is 0 Å². The van der Waals surface area contributed by atoms with Crippen LogP contribution in [-0.2, 0) is 10.1 Å². The van der Waals surface area contributed by atoms with Crippen molar-refractivity contribution in [3.63, 3.8) is 0 Å². The summed E-state index contributed by atoms with van der Waals surface area (Å²) in [5, 5.41) is 0. The van der Waals surface area contributed by atoms with Crippen LogP contribution >= 0.6 is 0 Å². The van der Waals surface area contributed by atoms with Gasteiger partial charge in [-0.3, -0.25) is 4.55 Å². The molecule has 0 aromatic rings. The quantitative estimate of drug-likeness (QED) is 0.138. The van der Waals surface area contributed by atoms with E-state index < -0.39 is 10.1 Å². The molecule has 0 aliphatic carbocycles. The third kappa shape index (κ3) is 29.0. The van der Waals surface area contributed by atoms with Crippen molar-refractivity contribution >= 4 is 10.1 Å². The predicted molar refractivity (Wildman–Crippen MR) is 115 cm³/mol. The molecule has 0 amide bonds. The normalized spacial score (nSPS) is 11.8. The Balaban J connectivity index is -0.00000312. The molecule has 0 spiro atoms. The Labute approximate surface area is 193 Å². The van der Waals surface area contributed by atoms with E-state index in [0.29, 0.717) is 0 Å². The third-order valence-electron chi connectivity index (χ3n) is 4.95. The zero-order chi connectivity index (χ0) is 19.3. The Bertz CT molecular complexity index is 414. The zero-order valence-corrected chi connectivity index (χ0v) is 21.1. The van der Waals surface area contributed by atoms with E-state index >= 15 is 0 Å². The second-order valence-electron chi connectivity index (χ2n) is 7.67. The average Bonchev–Trinajstić information content (AvgIpc) is 2.59. The van der Waals surface area contributed by atoms with E-state index in [1.165, 1.54) is 103 Å². The molecule has 0 aliphatic heterocycles. The molecule has 3 nitrogen and oxygen atoms in total. The van der Waals surface area contributed by atoms with Gasteiger partial charge in [-0.25, -0.2) is 0 Å². The van der Waals surface area contributed by atoms with E-state index in [2.05, 4.69) is 6.92 Å². The van der Waals surface area contributed by atoms with Crippen molar-refractivity contribution in [1.29, 1.82) is 0 Å². The topological polar surface area (TPSA) is 54.4 Å². The van der Waals surface area contributed by atoms with Gasteiger partial charge in [0.2, 0.25) is 0 Å². The number of allylic oxidation sites excluding steroid dienone is 1. The Morgan fingerprint density at radius 1 is 0.630 bits per heavy atom. The molecule has 0 unspecified atom stereocenters. The number of hydrogen-bond donors (Lipinski definition) is 1. The van der Waals surface area contributed by atoms with Crippen LogP contribution in [0, 0.1) is 0 Å². The molecule has 0 aliphatic rings. The molecule has 5 heteroatoms. The fraction of sp³-hybridized carbons (Fsp3) is 0.909. The van der Waals surface area contributed by atoms with Gasteiger partial charge in [-0.05, 0) is 12.8 Å². The van der Waals surface area contributed by atoms with E-state index in [0.717, 1.165) is 12.8 Å². The van der Waals surface area contributed by atoms with Crippen molar-refractivity contribution in [2.45, 2.75) is 122 Å². The summed E-state index contributed by atoms with van der Waals surface area (Å²) in [5.41, 5.74) is 0. The predicted octanol–water partition coefficient (Wildman–Crippen LogP) is 4.59. The summed E-state index contributed by atoms with van der Waals surface area (Å²) in [5.74, 6) is -0.258. The Kier molecular flexibility index (Phi) is 25.4. The molecule has 0 saturated heterocycles. The fourth-order valence-corrected chi connectivity index (χ4v) is 3.67. The molecule has 0 heterocycles. The first-order chi connectivity index (χ1) is 12.6. The fourth-order valence-electron chi connectivity index (χ4n) is 3.29. The summed E-state index contributed by atoms with van der Waals surface area (Å²) in [6.45, 7) is 2.28. The van der Waals surface area contributed by atoms with Crippen molar-refractivity contribution in [2.24, 2.45) is 0 Å². The van der Waals surface area contributed by atoms with Crippen LogP contribution in [-0.4, -0.2) is 18.7 Å². The first-order valence-electron chi connectivity index (χ1n) is 11.2. The van der Waals surface area contributed by atoms with Gasteiger partial charge in [0.05, 0.1) is 5.75 Å². The van der Waals surface area contributed by atoms with Crippen molar-refractivity contribution in [1.82, 2.24) is 0 Å². The van der Waals surface area contributed by atoms with E-state index in [4.69, 9.17) is 4.55 Å². The first kappa shape index (κ1) is 29.8. The molecule has 0 aromatic carbocycles. The van der Waals surface area contributed by atoms with Crippen molar-refractivity contribution in [3.8, 4) is 0 Å². The van der Waals surface area contributed by atoms with Gasteiger partial charge in [-0.2, -0.15) is 8.42 Å². The molecular weight excluding hydrogens is 367 g/mol. The summed E-state index contributed by atoms with van der Waals surface area (Å²) in [6, 6.07) is 0. The van der Waals surface area contributed by atoms with Gasteiger partial charge < -0.3 is 1.43 Å². The van der Waals surface area contributed by atoms with Crippen molar-refractivity contribution in [3.05, 3.63) is 12.2 Å². The summed E-state index contributed by atoms with van der Waals surface area (Å²) in [6.07, 6.45) is 27.6. The van der Waals surface area contributed by atoms with Crippen LogP contribution in [0.1, 0.15) is 124 Å². The molecule has 0 saturated carbocycles. The Morgan fingerprint density at radius 2 is 0.963 bits per heavy atom. The van der Waals surface area contributed by atoms with E-state index in [9.17, 15) is 8.42 Å². The van der Waals surface area contributed by atoms with Gasteiger partial charge in [0.15, 0.2) is 0 Å². The minimum Gasteiger partial charge on any atom is -1.00 e. The van der Waals surface area contributed by atoms with E-state index in [-0.39, 0.29) is 36.7 Å². The second kappa shape index (κ2) is 22.9. The number of rotatable bonds is 20. The van der Waals surface area contributed by atoms with Gasteiger partial charge in [0.25, 0.3) is 10.1 Å². The van der Waals surface area contributed by atoms with Gasteiger partial charge in [0.1, 0.15) is 0 Å².